The fourth-order valence-electron chi connectivity index (χ4n) is 1.88. The summed E-state index contributed by atoms with van der Waals surface area (Å²) >= 11 is -2.40. The van der Waals surface area contributed by atoms with Crippen molar-refractivity contribution in [1.82, 2.24) is 4.31 Å². The SMILES string of the molecule is O=[N+]([O-])c1ccc(S(=O)(=O)N([CH]=[Ru]([Cl])[Cl])Cc2ccccc2)cc1. The van der Waals surface area contributed by atoms with Crippen molar-refractivity contribution in [3.8, 4) is 0 Å². The van der Waals surface area contributed by atoms with Crippen LogP contribution in [0, 0.1) is 10.1 Å². The number of nitrogens with zero attached hydrogens (tertiary/aromatic N) is 2. The number of sulfonamides is 1. The molecule has 0 fully saturated rings. The first-order chi connectivity index (χ1) is 11.3. The molecule has 2 rings (SSSR count). The molecule has 0 aliphatic heterocycles. The molecule has 0 unspecified atom stereocenters. The topological polar surface area (TPSA) is 80.5 Å². The van der Waals surface area contributed by atoms with Gasteiger partial charge in [0.25, 0.3) is 0 Å². The summed E-state index contributed by atoms with van der Waals surface area (Å²) in [7, 11) is 7.80. The number of nitro benzene ring substituents is 1. The van der Waals surface area contributed by atoms with Crippen LogP contribution in [0.2, 0.25) is 0 Å². The monoisotopic (exact) mass is 476 g/mol. The van der Waals surface area contributed by atoms with Crippen molar-refractivity contribution < 1.29 is 26.9 Å². The Morgan fingerprint density at radius 2 is 1.67 bits per heavy atom. The fraction of sp³-hybridized carbons (Fsp3) is 0.0714. The van der Waals surface area contributed by atoms with Gasteiger partial charge in [0.1, 0.15) is 0 Å². The van der Waals surface area contributed by atoms with Crippen molar-refractivity contribution in [3.63, 3.8) is 0 Å². The van der Waals surface area contributed by atoms with Gasteiger partial charge in [0.05, 0.1) is 0 Å². The molecule has 0 aliphatic rings. The normalized spacial score (nSPS) is 12.0. The molecule has 6 nitrogen and oxygen atoms in total. The van der Waals surface area contributed by atoms with Gasteiger partial charge in [-0.3, -0.25) is 0 Å². The van der Waals surface area contributed by atoms with Crippen LogP contribution in [-0.4, -0.2) is 22.4 Å². The molecule has 0 saturated heterocycles. The van der Waals surface area contributed by atoms with E-state index >= 15 is 0 Å². The van der Waals surface area contributed by atoms with Gasteiger partial charge in [-0.05, 0) is 0 Å². The second kappa shape index (κ2) is 8.27. The molecule has 0 aromatic heterocycles. The van der Waals surface area contributed by atoms with Crippen LogP contribution in [0.3, 0.4) is 0 Å². The molecule has 0 radical (unpaired) electrons. The maximum absolute atomic E-state index is 12.8. The zero-order valence-corrected chi connectivity index (χ0v) is 16.1. The van der Waals surface area contributed by atoms with E-state index in [9.17, 15) is 18.5 Å². The minimum atomic E-state index is -3.91. The van der Waals surface area contributed by atoms with Crippen LogP contribution in [-0.2, 0) is 30.1 Å². The summed E-state index contributed by atoms with van der Waals surface area (Å²) in [5.41, 5.74) is 0.581. The van der Waals surface area contributed by atoms with Gasteiger partial charge >= 0.3 is 153 Å². The van der Waals surface area contributed by atoms with Gasteiger partial charge in [0.2, 0.25) is 0 Å². The summed E-state index contributed by atoms with van der Waals surface area (Å²) in [6.07, 6.45) is 0. The molecule has 10 heteroatoms. The Morgan fingerprint density at radius 3 is 2.17 bits per heavy atom. The van der Waals surface area contributed by atoms with Gasteiger partial charge in [-0.25, -0.2) is 0 Å². The van der Waals surface area contributed by atoms with E-state index in [-0.39, 0.29) is 17.1 Å². The Bertz CT molecular complexity index is 854. The summed E-state index contributed by atoms with van der Waals surface area (Å²) in [6.45, 7) is 0.0736. The molecule has 0 bridgehead atoms. The summed E-state index contributed by atoms with van der Waals surface area (Å²) in [6, 6.07) is 13.7. The summed E-state index contributed by atoms with van der Waals surface area (Å²) in [5, 5.41) is 10.7. The molecule has 0 heterocycles. The molecule has 0 aliphatic carbocycles. The third kappa shape index (κ3) is 4.91. The molecule has 2 aromatic carbocycles. The van der Waals surface area contributed by atoms with E-state index in [1.165, 1.54) is 16.9 Å². The first kappa shape index (κ1) is 19.2. The number of hydrogen-bond donors (Lipinski definition) is 0. The van der Waals surface area contributed by atoms with E-state index in [4.69, 9.17) is 19.4 Å². The van der Waals surface area contributed by atoms with Crippen molar-refractivity contribution in [2.75, 3.05) is 0 Å². The van der Waals surface area contributed by atoms with Gasteiger partial charge in [-0.15, -0.1) is 0 Å². The molecule has 0 saturated carbocycles. The molecule has 24 heavy (non-hydrogen) atoms. The van der Waals surface area contributed by atoms with Crippen LogP contribution in [0.4, 0.5) is 5.69 Å². The van der Waals surface area contributed by atoms with Gasteiger partial charge in [-0.1, -0.05) is 0 Å². The van der Waals surface area contributed by atoms with Crippen molar-refractivity contribution in [1.29, 1.82) is 0 Å². The van der Waals surface area contributed by atoms with E-state index in [2.05, 4.69) is 0 Å². The number of halogens is 2. The van der Waals surface area contributed by atoms with E-state index in [0.29, 0.717) is 0 Å². The molecule has 130 valence electrons. The van der Waals surface area contributed by atoms with Crippen molar-refractivity contribution in [2.45, 2.75) is 11.4 Å². The molecule has 0 N–H and O–H groups in total. The zero-order valence-electron chi connectivity index (χ0n) is 12.0. The quantitative estimate of drug-likeness (QED) is 0.364. The third-order valence-electron chi connectivity index (χ3n) is 3.01. The first-order valence-corrected chi connectivity index (χ1v) is 13.4. The van der Waals surface area contributed by atoms with Crippen molar-refractivity contribution >= 4 is 39.8 Å². The Morgan fingerprint density at radius 1 is 1.08 bits per heavy atom. The Hall–Kier alpha value is -1.18. The number of hydrogen-bond acceptors (Lipinski definition) is 4. The van der Waals surface area contributed by atoms with Crippen LogP contribution in [0.25, 0.3) is 0 Å². The van der Waals surface area contributed by atoms with E-state index < -0.39 is 28.5 Å². The Labute approximate surface area is 152 Å². The maximum atomic E-state index is 12.8. The van der Waals surface area contributed by atoms with Crippen molar-refractivity contribution in [3.05, 3.63) is 70.3 Å². The summed E-state index contributed by atoms with van der Waals surface area (Å²) < 4.78 is 28.0. The van der Waals surface area contributed by atoms with E-state index in [1.807, 2.05) is 6.07 Å². The van der Waals surface area contributed by atoms with Crippen LogP contribution >= 0.6 is 19.4 Å². The third-order valence-corrected chi connectivity index (χ3v) is 6.72. The summed E-state index contributed by atoms with van der Waals surface area (Å²) in [4.78, 5) is 10.0. The standard InChI is InChI=1S/C14H12N2O4S.2ClH.Ru/c1-15(11-12-5-3-2-4-6-12)21(19,20)14-9-7-13(8-10-14)16(17)18;;;/h1-10H,11H2;2*1H;/q;;;+2/p-2. The van der Waals surface area contributed by atoms with Gasteiger partial charge < -0.3 is 0 Å². The predicted octanol–water partition coefficient (Wildman–Crippen LogP) is 3.47. The van der Waals surface area contributed by atoms with E-state index in [0.717, 1.165) is 22.0 Å². The molecule has 0 atom stereocenters. The van der Waals surface area contributed by atoms with Gasteiger partial charge in [-0.2, -0.15) is 0 Å². The molecule has 2 aromatic rings. The molecule has 0 spiro atoms. The minimum absolute atomic E-state index is 0.0657. The molecule has 0 amide bonds. The zero-order chi connectivity index (χ0) is 17.7. The first-order valence-electron chi connectivity index (χ1n) is 6.44. The Kier molecular flexibility index (Phi) is 6.60. The van der Waals surface area contributed by atoms with Crippen LogP contribution in [0.1, 0.15) is 5.56 Å². The van der Waals surface area contributed by atoms with Crippen molar-refractivity contribution in [2.24, 2.45) is 0 Å². The fourth-order valence-corrected chi connectivity index (χ4v) is 6.22. The number of rotatable bonds is 6. The molecular weight excluding hydrogens is 464 g/mol. The Balaban J connectivity index is 2.40. The van der Waals surface area contributed by atoms with Crippen LogP contribution in [0.15, 0.2) is 59.5 Å². The number of benzene rings is 2. The number of nitro groups is 1. The molecular formula is C14H12Cl2N2O4RuS. The second-order valence-electron chi connectivity index (χ2n) is 4.58. The van der Waals surface area contributed by atoms with Crippen LogP contribution in [0.5, 0.6) is 0 Å². The number of non-ortho nitro benzene ring substituents is 1. The average Bonchev–Trinajstić information content (AvgIpc) is 2.55. The van der Waals surface area contributed by atoms with Gasteiger partial charge in [0.15, 0.2) is 0 Å². The van der Waals surface area contributed by atoms with E-state index in [1.54, 1.807) is 24.3 Å². The average molecular weight is 476 g/mol. The summed E-state index contributed by atoms with van der Waals surface area (Å²) in [5.74, 6) is 0. The second-order valence-corrected chi connectivity index (χ2v) is 12.1. The van der Waals surface area contributed by atoms with Crippen LogP contribution < -0.4 is 0 Å². The van der Waals surface area contributed by atoms with Gasteiger partial charge in [0, 0.05) is 0 Å². The predicted molar refractivity (Wildman–Crippen MR) is 90.0 cm³/mol.